The molecule has 1 nitrogen and oxygen atoms in total. The summed E-state index contributed by atoms with van der Waals surface area (Å²) in [5.74, 6) is -6.22. The fourth-order valence-electron chi connectivity index (χ4n) is 0.997. The van der Waals surface area contributed by atoms with Crippen molar-refractivity contribution < 1.29 is 39.9 Å². The number of hydrogen-bond donors (Lipinski definition) is 0. The molecule has 1 rings (SSSR count). The average Bonchev–Trinajstić information content (AvgIpc) is 2.06. The lowest BCUT2D eigenvalue weighted by molar-refractivity contribution is -0.275. The SMILES string of the molecule is Fc1ccc(OC(F)(F)F)c(F)c1C(F)(F)F. The zero-order valence-corrected chi connectivity index (χ0v) is 7.59. The monoisotopic (exact) mass is 266 g/mol. The van der Waals surface area contributed by atoms with Crippen LogP contribution in [0, 0.1) is 11.6 Å². The first-order valence-corrected chi connectivity index (χ1v) is 3.83. The Morgan fingerprint density at radius 1 is 0.882 bits per heavy atom. The molecule has 0 spiro atoms. The molecule has 0 atom stereocenters. The Morgan fingerprint density at radius 2 is 1.41 bits per heavy atom. The standard InChI is InChI=1S/C8H2F8O/c9-3-1-2-4(17-8(14,15)16)6(10)5(3)7(11,12)13/h1-2H. The third-order valence-electron chi connectivity index (χ3n) is 1.56. The van der Waals surface area contributed by atoms with E-state index < -0.39 is 35.5 Å². The third-order valence-corrected chi connectivity index (χ3v) is 1.56. The summed E-state index contributed by atoms with van der Waals surface area (Å²) in [6.07, 6.45) is -10.8. The number of benzene rings is 1. The van der Waals surface area contributed by atoms with Gasteiger partial charge >= 0.3 is 12.5 Å². The van der Waals surface area contributed by atoms with Crippen molar-refractivity contribution in [3.8, 4) is 5.75 Å². The van der Waals surface area contributed by atoms with Gasteiger partial charge in [-0.1, -0.05) is 0 Å². The fourth-order valence-corrected chi connectivity index (χ4v) is 0.997. The highest BCUT2D eigenvalue weighted by Gasteiger charge is 2.41. The molecule has 0 aromatic heterocycles. The maximum atomic E-state index is 13.0. The first-order valence-electron chi connectivity index (χ1n) is 3.83. The Morgan fingerprint density at radius 3 is 1.82 bits per heavy atom. The molecule has 0 fully saturated rings. The summed E-state index contributed by atoms with van der Waals surface area (Å²) in [4.78, 5) is 0. The van der Waals surface area contributed by atoms with Gasteiger partial charge in [-0.3, -0.25) is 0 Å². The van der Waals surface area contributed by atoms with Gasteiger partial charge < -0.3 is 4.74 Å². The predicted molar refractivity (Wildman–Crippen MR) is 38.0 cm³/mol. The van der Waals surface area contributed by atoms with E-state index in [-0.39, 0.29) is 12.1 Å². The minimum Gasteiger partial charge on any atom is -0.403 e. The van der Waals surface area contributed by atoms with Crippen LogP contribution >= 0.6 is 0 Å². The molecule has 9 heteroatoms. The molecular weight excluding hydrogens is 264 g/mol. The molecule has 17 heavy (non-hydrogen) atoms. The van der Waals surface area contributed by atoms with Gasteiger partial charge in [-0.25, -0.2) is 8.78 Å². The van der Waals surface area contributed by atoms with Crippen LogP contribution in [0.5, 0.6) is 5.75 Å². The van der Waals surface area contributed by atoms with Gasteiger partial charge in [0.15, 0.2) is 11.6 Å². The van der Waals surface area contributed by atoms with Crippen LogP contribution in [0.2, 0.25) is 0 Å². The molecule has 0 N–H and O–H groups in total. The van der Waals surface area contributed by atoms with E-state index in [9.17, 15) is 35.1 Å². The smallest absolute Gasteiger partial charge is 0.403 e. The molecule has 96 valence electrons. The lowest BCUT2D eigenvalue weighted by Crippen LogP contribution is -2.20. The minimum absolute atomic E-state index is 0.0347. The number of ether oxygens (including phenoxy) is 1. The summed E-state index contributed by atoms with van der Waals surface area (Å²) in [5.41, 5.74) is -2.43. The Labute approximate surface area is 88.6 Å². The zero-order valence-electron chi connectivity index (χ0n) is 7.59. The summed E-state index contributed by atoms with van der Waals surface area (Å²) >= 11 is 0. The first-order chi connectivity index (χ1) is 7.52. The van der Waals surface area contributed by atoms with Gasteiger partial charge in [0.2, 0.25) is 0 Å². The van der Waals surface area contributed by atoms with Crippen LogP contribution in [0.1, 0.15) is 5.56 Å². The molecule has 1 aromatic carbocycles. The molecule has 0 radical (unpaired) electrons. The molecule has 0 aliphatic heterocycles. The van der Waals surface area contributed by atoms with E-state index in [2.05, 4.69) is 4.74 Å². The molecule has 0 aliphatic carbocycles. The number of halogens is 8. The van der Waals surface area contributed by atoms with E-state index in [0.29, 0.717) is 0 Å². The lowest BCUT2D eigenvalue weighted by Gasteiger charge is -2.14. The maximum absolute atomic E-state index is 13.0. The van der Waals surface area contributed by atoms with Crippen LogP contribution in [-0.4, -0.2) is 6.36 Å². The van der Waals surface area contributed by atoms with E-state index in [0.717, 1.165) is 0 Å². The summed E-state index contributed by atoms with van der Waals surface area (Å²) in [5, 5.41) is 0. The topological polar surface area (TPSA) is 9.23 Å². The van der Waals surface area contributed by atoms with Crippen molar-refractivity contribution in [2.45, 2.75) is 12.5 Å². The summed E-state index contributed by atoms with van der Waals surface area (Å²) < 4.78 is 100.0. The average molecular weight is 266 g/mol. The maximum Gasteiger partial charge on any atom is 0.573 e. The van der Waals surface area contributed by atoms with Crippen molar-refractivity contribution in [1.29, 1.82) is 0 Å². The molecule has 0 saturated heterocycles. The van der Waals surface area contributed by atoms with Crippen LogP contribution in [0.25, 0.3) is 0 Å². The van der Waals surface area contributed by atoms with Crippen molar-refractivity contribution >= 4 is 0 Å². The second-order valence-corrected chi connectivity index (χ2v) is 2.78. The normalized spacial score (nSPS) is 12.7. The molecule has 0 bridgehead atoms. The van der Waals surface area contributed by atoms with Crippen molar-refractivity contribution in [2.24, 2.45) is 0 Å². The molecule has 0 unspecified atom stereocenters. The predicted octanol–water partition coefficient (Wildman–Crippen LogP) is 3.88. The van der Waals surface area contributed by atoms with E-state index in [4.69, 9.17) is 0 Å². The lowest BCUT2D eigenvalue weighted by atomic mass is 10.2. The Hall–Kier alpha value is -1.54. The van der Waals surface area contributed by atoms with Gasteiger partial charge in [-0.2, -0.15) is 13.2 Å². The quantitative estimate of drug-likeness (QED) is 0.701. The van der Waals surface area contributed by atoms with E-state index in [1.807, 2.05) is 0 Å². The van der Waals surface area contributed by atoms with Crippen LogP contribution in [-0.2, 0) is 6.18 Å². The van der Waals surface area contributed by atoms with Crippen molar-refractivity contribution in [1.82, 2.24) is 0 Å². The highest BCUT2D eigenvalue weighted by molar-refractivity contribution is 5.34. The number of rotatable bonds is 1. The largest absolute Gasteiger partial charge is 0.573 e. The molecule has 0 saturated carbocycles. The molecular formula is C8H2F8O. The van der Waals surface area contributed by atoms with E-state index in [1.165, 1.54) is 0 Å². The van der Waals surface area contributed by atoms with Crippen molar-refractivity contribution in [3.63, 3.8) is 0 Å². The first kappa shape index (κ1) is 13.5. The van der Waals surface area contributed by atoms with Gasteiger partial charge in [-0.15, -0.1) is 13.2 Å². The van der Waals surface area contributed by atoms with Crippen LogP contribution in [0.3, 0.4) is 0 Å². The number of hydrogen-bond acceptors (Lipinski definition) is 1. The van der Waals surface area contributed by atoms with Crippen LogP contribution in [0.4, 0.5) is 35.1 Å². The van der Waals surface area contributed by atoms with Gasteiger partial charge in [0.1, 0.15) is 11.4 Å². The van der Waals surface area contributed by atoms with Crippen LogP contribution < -0.4 is 4.74 Å². The minimum atomic E-state index is -5.46. The zero-order chi connectivity index (χ0) is 13.4. The van der Waals surface area contributed by atoms with Gasteiger partial charge in [0, 0.05) is 0 Å². The van der Waals surface area contributed by atoms with Gasteiger partial charge in [0.25, 0.3) is 0 Å². The van der Waals surface area contributed by atoms with Gasteiger partial charge in [-0.05, 0) is 12.1 Å². The highest BCUT2D eigenvalue weighted by atomic mass is 19.4. The molecule has 0 aliphatic rings. The summed E-state index contributed by atoms with van der Waals surface area (Å²) in [6.45, 7) is 0. The molecule has 0 heterocycles. The Kier molecular flexibility index (Phi) is 3.22. The Balaban J connectivity index is 3.30. The summed E-state index contributed by atoms with van der Waals surface area (Å²) in [6, 6.07) is 0.153. The second kappa shape index (κ2) is 4.04. The fraction of sp³-hybridized carbons (Fsp3) is 0.250. The van der Waals surface area contributed by atoms with Crippen LogP contribution in [0.15, 0.2) is 12.1 Å². The van der Waals surface area contributed by atoms with E-state index >= 15 is 0 Å². The molecule has 1 aromatic rings. The molecule has 0 amide bonds. The summed E-state index contributed by atoms with van der Waals surface area (Å²) in [7, 11) is 0. The van der Waals surface area contributed by atoms with Crippen molar-refractivity contribution in [3.05, 3.63) is 29.3 Å². The second-order valence-electron chi connectivity index (χ2n) is 2.78. The van der Waals surface area contributed by atoms with E-state index in [1.54, 1.807) is 0 Å². The third kappa shape index (κ3) is 3.21. The van der Waals surface area contributed by atoms with Crippen molar-refractivity contribution in [2.75, 3.05) is 0 Å². The number of alkyl halides is 6. The highest BCUT2D eigenvalue weighted by Crippen LogP contribution is 2.38. The van der Waals surface area contributed by atoms with Gasteiger partial charge in [0.05, 0.1) is 0 Å². The Bertz CT molecular complexity index is 419.